The van der Waals surface area contributed by atoms with Crippen molar-refractivity contribution in [2.75, 3.05) is 13.7 Å². The minimum Gasteiger partial charge on any atom is -0.452 e. The predicted octanol–water partition coefficient (Wildman–Crippen LogP) is 3.78. The number of carbonyl (C=O) groups excluding carboxylic acids is 4. The van der Waals surface area contributed by atoms with Crippen molar-refractivity contribution in [3.8, 4) is 0 Å². The largest absolute Gasteiger partial charge is 0.452 e. The number of alkyl halides is 3. The second kappa shape index (κ2) is 11.9. The van der Waals surface area contributed by atoms with E-state index in [2.05, 4.69) is 5.32 Å². The summed E-state index contributed by atoms with van der Waals surface area (Å²) in [5.74, 6) is -4.08. The summed E-state index contributed by atoms with van der Waals surface area (Å²) in [6.07, 6.45) is -4.96. The van der Waals surface area contributed by atoms with Gasteiger partial charge in [0.05, 0.1) is 12.8 Å². The normalized spacial score (nSPS) is 16.7. The number of hydrogen-bond acceptors (Lipinski definition) is 5. The van der Waals surface area contributed by atoms with Gasteiger partial charge in [0.25, 0.3) is 11.7 Å². The third kappa shape index (κ3) is 6.58. The summed E-state index contributed by atoms with van der Waals surface area (Å²) in [5, 5.41) is 2.17. The van der Waals surface area contributed by atoms with Crippen LogP contribution in [-0.2, 0) is 25.5 Å². The van der Waals surface area contributed by atoms with Crippen LogP contribution in [0.25, 0.3) is 5.70 Å². The molecule has 1 heterocycles. The van der Waals surface area contributed by atoms with Crippen molar-refractivity contribution in [3.63, 3.8) is 0 Å². The highest BCUT2D eigenvalue weighted by atomic mass is 19.4. The van der Waals surface area contributed by atoms with E-state index in [9.17, 15) is 32.3 Å². The van der Waals surface area contributed by atoms with Gasteiger partial charge in [-0.3, -0.25) is 24.2 Å². The molecule has 38 heavy (non-hydrogen) atoms. The summed E-state index contributed by atoms with van der Waals surface area (Å²) in [6.45, 7) is 2.74. The fourth-order valence-electron chi connectivity index (χ4n) is 4.20. The number of methoxy groups -OCH3 is 1. The number of amides is 3. The summed E-state index contributed by atoms with van der Waals surface area (Å²) < 4.78 is 44.8. The molecule has 8 nitrogen and oxygen atoms in total. The van der Waals surface area contributed by atoms with E-state index in [1.165, 1.54) is 13.3 Å². The molecule has 0 aromatic heterocycles. The fourth-order valence-corrected chi connectivity index (χ4v) is 4.20. The second-order valence-electron chi connectivity index (χ2n) is 9.04. The molecule has 2 aromatic carbocycles. The Hall–Kier alpha value is -4.15. The number of ether oxygens (including phenoxy) is 1. The highest BCUT2D eigenvalue weighted by Gasteiger charge is 2.45. The number of rotatable bonds is 8. The third-order valence-electron chi connectivity index (χ3n) is 5.97. The van der Waals surface area contributed by atoms with Gasteiger partial charge in [-0.05, 0) is 17.0 Å². The Kier molecular flexibility index (Phi) is 8.92. The highest BCUT2D eigenvalue weighted by molar-refractivity contribution is 6.00. The fraction of sp³-hybridized carbons (Fsp3) is 0.333. The average Bonchev–Trinajstić information content (AvgIpc) is 2.88. The first-order valence-electron chi connectivity index (χ1n) is 11.8. The lowest BCUT2D eigenvalue weighted by Gasteiger charge is -2.40. The molecular formula is C27H28F3N3O5. The monoisotopic (exact) mass is 531 g/mol. The molecule has 1 N–H and O–H groups in total. The number of halogens is 3. The van der Waals surface area contributed by atoms with Crippen LogP contribution in [-0.4, -0.2) is 65.4 Å². The molecule has 2 unspecified atom stereocenters. The van der Waals surface area contributed by atoms with Crippen molar-refractivity contribution in [1.82, 2.24) is 15.1 Å². The van der Waals surface area contributed by atoms with E-state index in [0.29, 0.717) is 11.1 Å². The molecule has 3 amide bonds. The molecule has 0 fully saturated rings. The molecule has 0 spiro atoms. The lowest BCUT2D eigenvalue weighted by molar-refractivity contribution is -0.173. The van der Waals surface area contributed by atoms with E-state index >= 15 is 0 Å². The Morgan fingerprint density at radius 3 is 2.11 bits per heavy atom. The van der Waals surface area contributed by atoms with Crippen molar-refractivity contribution in [2.45, 2.75) is 38.5 Å². The Morgan fingerprint density at radius 1 is 1.00 bits per heavy atom. The molecule has 0 saturated heterocycles. The first-order valence-corrected chi connectivity index (χ1v) is 11.8. The van der Waals surface area contributed by atoms with Gasteiger partial charge < -0.3 is 10.1 Å². The van der Waals surface area contributed by atoms with E-state index in [0.717, 1.165) is 9.80 Å². The van der Waals surface area contributed by atoms with Crippen LogP contribution in [0, 0.1) is 5.92 Å². The topological polar surface area (TPSA) is 96.0 Å². The number of benzene rings is 2. The van der Waals surface area contributed by atoms with Gasteiger partial charge in [-0.25, -0.2) is 4.79 Å². The summed E-state index contributed by atoms with van der Waals surface area (Å²) in [6, 6.07) is 13.5. The number of nitrogens with zero attached hydrogens (tertiary/aromatic N) is 2. The van der Waals surface area contributed by atoms with Crippen LogP contribution in [0.2, 0.25) is 0 Å². The van der Waals surface area contributed by atoms with E-state index in [-0.39, 0.29) is 12.1 Å². The van der Waals surface area contributed by atoms with Crippen molar-refractivity contribution >= 4 is 29.4 Å². The Balaban J connectivity index is 1.95. The minimum atomic E-state index is -5.17. The second-order valence-corrected chi connectivity index (χ2v) is 9.04. The molecule has 2 aromatic rings. The van der Waals surface area contributed by atoms with Crippen LogP contribution in [0.3, 0.4) is 0 Å². The number of hydrogen-bond donors (Lipinski definition) is 1. The van der Waals surface area contributed by atoms with Crippen molar-refractivity contribution < 1.29 is 37.1 Å². The molecule has 0 bridgehead atoms. The Labute approximate surface area is 218 Å². The molecule has 3 rings (SSSR count). The lowest BCUT2D eigenvalue weighted by atomic mass is 9.97. The van der Waals surface area contributed by atoms with E-state index < -0.39 is 54.4 Å². The van der Waals surface area contributed by atoms with Gasteiger partial charge in [-0.1, -0.05) is 74.5 Å². The molecule has 2 atom stereocenters. The maximum atomic E-state index is 13.6. The molecule has 1 aliphatic rings. The van der Waals surface area contributed by atoms with Crippen LogP contribution in [0.4, 0.5) is 18.0 Å². The zero-order valence-electron chi connectivity index (χ0n) is 21.1. The van der Waals surface area contributed by atoms with E-state index in [1.54, 1.807) is 74.5 Å². The SMILES string of the molecule is COC(=O)N1C=C(c2ccccc2)N(CC(=O)NC(Cc2ccccc2)C(=O)C(F)(F)F)C(=O)C1C(C)C. The minimum absolute atomic E-state index is 0.176. The van der Waals surface area contributed by atoms with Gasteiger partial charge in [0.15, 0.2) is 0 Å². The standard InChI is InChI=1S/C27H28F3N3O5/c1-17(2)23-25(36)32(21(15-33(23)26(37)38-3)19-12-8-5-9-13-19)16-22(34)31-20(24(35)27(28,29)30)14-18-10-6-4-7-11-18/h4-13,15,17,20,23H,14,16H2,1-3H3,(H,31,34). The number of carbonyl (C=O) groups is 4. The number of nitrogens with one attached hydrogen (secondary N) is 1. The van der Waals surface area contributed by atoms with Crippen LogP contribution < -0.4 is 5.32 Å². The van der Waals surface area contributed by atoms with E-state index in [4.69, 9.17) is 4.74 Å². The van der Waals surface area contributed by atoms with E-state index in [1.807, 2.05) is 0 Å². The summed E-state index contributed by atoms with van der Waals surface area (Å²) in [5.41, 5.74) is 1.08. The molecule has 11 heteroatoms. The smallest absolute Gasteiger partial charge is 0.452 e. The van der Waals surface area contributed by atoms with Gasteiger partial charge in [0, 0.05) is 12.6 Å². The van der Waals surface area contributed by atoms with Gasteiger partial charge in [-0.15, -0.1) is 0 Å². The van der Waals surface area contributed by atoms with Crippen LogP contribution in [0.15, 0.2) is 66.9 Å². The maximum Gasteiger partial charge on any atom is 0.452 e. The first-order chi connectivity index (χ1) is 17.9. The zero-order valence-corrected chi connectivity index (χ0v) is 21.1. The Morgan fingerprint density at radius 2 is 1.58 bits per heavy atom. The van der Waals surface area contributed by atoms with Crippen molar-refractivity contribution in [2.24, 2.45) is 5.92 Å². The molecule has 0 saturated carbocycles. The maximum absolute atomic E-state index is 13.6. The first kappa shape index (κ1) is 28.4. The van der Waals surface area contributed by atoms with Gasteiger partial charge in [0.2, 0.25) is 5.91 Å². The lowest BCUT2D eigenvalue weighted by Crippen LogP contribution is -2.57. The molecule has 1 aliphatic heterocycles. The predicted molar refractivity (Wildman–Crippen MR) is 132 cm³/mol. The van der Waals surface area contributed by atoms with Crippen LogP contribution in [0.1, 0.15) is 25.0 Å². The Bertz CT molecular complexity index is 1200. The summed E-state index contributed by atoms with van der Waals surface area (Å²) in [4.78, 5) is 53.5. The number of Topliss-reactive ketones (excluding diaryl/α,β-unsaturated/α-hetero) is 1. The van der Waals surface area contributed by atoms with Gasteiger partial charge in [0.1, 0.15) is 18.6 Å². The van der Waals surface area contributed by atoms with Crippen LogP contribution >= 0.6 is 0 Å². The van der Waals surface area contributed by atoms with Gasteiger partial charge >= 0.3 is 12.3 Å². The van der Waals surface area contributed by atoms with Gasteiger partial charge in [-0.2, -0.15) is 13.2 Å². The zero-order chi connectivity index (χ0) is 28.0. The highest BCUT2D eigenvalue weighted by Crippen LogP contribution is 2.30. The van der Waals surface area contributed by atoms with Crippen molar-refractivity contribution in [1.29, 1.82) is 0 Å². The molecule has 0 radical (unpaired) electrons. The third-order valence-corrected chi connectivity index (χ3v) is 5.97. The quantitative estimate of drug-likeness (QED) is 0.560. The average molecular weight is 532 g/mol. The number of ketones is 1. The molecule has 202 valence electrons. The van der Waals surface area contributed by atoms with Crippen molar-refractivity contribution in [3.05, 3.63) is 78.0 Å². The van der Waals surface area contributed by atoms with Crippen LogP contribution in [0.5, 0.6) is 0 Å². The molecular weight excluding hydrogens is 503 g/mol. The molecule has 0 aliphatic carbocycles. The summed E-state index contributed by atoms with van der Waals surface area (Å²) in [7, 11) is 1.17. The summed E-state index contributed by atoms with van der Waals surface area (Å²) >= 11 is 0.